The molecule has 0 unspecified atom stereocenters. The van der Waals surface area contributed by atoms with E-state index in [0.29, 0.717) is 17.4 Å². The molecule has 1 amide bonds. The highest BCUT2D eigenvalue weighted by Gasteiger charge is 2.22. The molecule has 1 aromatic carbocycles. The van der Waals surface area contributed by atoms with E-state index in [-0.39, 0.29) is 5.91 Å². The fourth-order valence-electron chi connectivity index (χ4n) is 3.14. The predicted molar refractivity (Wildman–Crippen MR) is 108 cm³/mol. The Morgan fingerprint density at radius 2 is 1.74 bits per heavy atom. The number of hydrogen-bond acceptors (Lipinski definition) is 5. The number of hydrogen-bond donors (Lipinski definition) is 1. The van der Waals surface area contributed by atoms with Crippen molar-refractivity contribution in [1.29, 1.82) is 0 Å². The lowest BCUT2D eigenvalue weighted by molar-refractivity contribution is 0.0627. The number of carbonyl (C=O) groups excluding carboxylic acids is 1. The molecule has 1 aliphatic heterocycles. The summed E-state index contributed by atoms with van der Waals surface area (Å²) in [5.74, 6) is 1.24. The van der Waals surface area contributed by atoms with E-state index in [9.17, 15) is 4.79 Å². The van der Waals surface area contributed by atoms with Gasteiger partial charge < -0.3 is 10.2 Å². The van der Waals surface area contributed by atoms with Crippen LogP contribution in [0.25, 0.3) is 0 Å². The molecule has 0 saturated carbocycles. The number of anilines is 1. The standard InChI is InChI=1S/C21H29N5O/c1-17(2)8-9-22-21-23-14-19(15-24-21)20(27)26-12-10-25(11-13-26)16-18-6-4-3-5-7-18/h3-7,14-15,17H,8-13,16H2,1-2H3,(H,22,23,24). The van der Waals surface area contributed by atoms with Gasteiger partial charge in [-0.25, -0.2) is 9.97 Å². The SMILES string of the molecule is CC(C)CCNc1ncc(C(=O)N2CCN(Cc3ccccc3)CC2)cn1. The van der Waals surface area contributed by atoms with E-state index in [1.54, 1.807) is 12.4 Å². The number of benzene rings is 1. The van der Waals surface area contributed by atoms with Gasteiger partial charge in [0, 0.05) is 51.7 Å². The van der Waals surface area contributed by atoms with Crippen molar-refractivity contribution in [2.75, 3.05) is 38.0 Å². The Morgan fingerprint density at radius 1 is 1.07 bits per heavy atom. The molecule has 1 N–H and O–H groups in total. The average Bonchev–Trinajstić information content (AvgIpc) is 2.69. The van der Waals surface area contributed by atoms with Crippen molar-refractivity contribution in [2.24, 2.45) is 5.92 Å². The fraction of sp³-hybridized carbons (Fsp3) is 0.476. The van der Waals surface area contributed by atoms with E-state index in [2.05, 4.69) is 58.3 Å². The molecule has 1 fully saturated rings. The van der Waals surface area contributed by atoms with Gasteiger partial charge in [-0.05, 0) is 17.9 Å². The number of piperazine rings is 1. The van der Waals surface area contributed by atoms with E-state index in [1.165, 1.54) is 5.56 Å². The van der Waals surface area contributed by atoms with E-state index < -0.39 is 0 Å². The zero-order valence-corrected chi connectivity index (χ0v) is 16.3. The molecule has 1 aliphatic rings. The fourth-order valence-corrected chi connectivity index (χ4v) is 3.14. The van der Waals surface area contributed by atoms with Crippen LogP contribution in [0.4, 0.5) is 5.95 Å². The smallest absolute Gasteiger partial charge is 0.257 e. The van der Waals surface area contributed by atoms with Crippen LogP contribution in [-0.4, -0.2) is 58.4 Å². The number of carbonyl (C=O) groups is 1. The van der Waals surface area contributed by atoms with Crippen molar-refractivity contribution in [3.05, 3.63) is 53.9 Å². The Balaban J connectivity index is 1.47. The summed E-state index contributed by atoms with van der Waals surface area (Å²) in [6, 6.07) is 10.5. The van der Waals surface area contributed by atoms with Crippen molar-refractivity contribution in [2.45, 2.75) is 26.8 Å². The van der Waals surface area contributed by atoms with E-state index >= 15 is 0 Å². The molecule has 1 saturated heterocycles. The van der Waals surface area contributed by atoms with Crippen LogP contribution in [0.15, 0.2) is 42.7 Å². The minimum absolute atomic E-state index is 0.0168. The number of aromatic nitrogens is 2. The molecule has 0 bridgehead atoms. The zero-order valence-electron chi connectivity index (χ0n) is 16.3. The molecule has 6 heteroatoms. The first-order valence-corrected chi connectivity index (χ1v) is 9.73. The second-order valence-electron chi connectivity index (χ2n) is 7.46. The van der Waals surface area contributed by atoms with Gasteiger partial charge in [-0.15, -0.1) is 0 Å². The van der Waals surface area contributed by atoms with E-state index in [0.717, 1.165) is 45.7 Å². The molecule has 0 radical (unpaired) electrons. The van der Waals surface area contributed by atoms with Crippen molar-refractivity contribution in [1.82, 2.24) is 19.8 Å². The lowest BCUT2D eigenvalue weighted by atomic mass is 10.1. The van der Waals surface area contributed by atoms with Crippen LogP contribution in [0.5, 0.6) is 0 Å². The second-order valence-corrected chi connectivity index (χ2v) is 7.46. The molecule has 1 aromatic heterocycles. The monoisotopic (exact) mass is 367 g/mol. The Hall–Kier alpha value is -2.47. The summed E-state index contributed by atoms with van der Waals surface area (Å²) in [6.07, 6.45) is 4.32. The van der Waals surface area contributed by atoms with Crippen molar-refractivity contribution in [3.8, 4) is 0 Å². The molecule has 2 aromatic rings. The molecular weight excluding hydrogens is 338 g/mol. The molecule has 27 heavy (non-hydrogen) atoms. The molecule has 0 spiro atoms. The van der Waals surface area contributed by atoms with Gasteiger partial charge in [0.25, 0.3) is 5.91 Å². The lowest BCUT2D eigenvalue weighted by Gasteiger charge is -2.34. The third kappa shape index (κ3) is 5.76. The zero-order chi connectivity index (χ0) is 19.1. The van der Waals surface area contributed by atoms with Gasteiger partial charge >= 0.3 is 0 Å². The van der Waals surface area contributed by atoms with Crippen LogP contribution in [0, 0.1) is 5.92 Å². The van der Waals surface area contributed by atoms with Crippen LogP contribution >= 0.6 is 0 Å². The largest absolute Gasteiger partial charge is 0.354 e. The minimum Gasteiger partial charge on any atom is -0.354 e. The van der Waals surface area contributed by atoms with Crippen LogP contribution in [-0.2, 0) is 6.54 Å². The lowest BCUT2D eigenvalue weighted by Crippen LogP contribution is -2.48. The molecular formula is C21H29N5O. The van der Waals surface area contributed by atoms with Gasteiger partial charge in [-0.1, -0.05) is 44.2 Å². The normalized spacial score (nSPS) is 15.1. The third-order valence-corrected chi connectivity index (χ3v) is 4.81. The highest BCUT2D eigenvalue weighted by atomic mass is 16.2. The van der Waals surface area contributed by atoms with E-state index in [4.69, 9.17) is 0 Å². The van der Waals surface area contributed by atoms with Crippen molar-refractivity contribution >= 4 is 11.9 Å². The number of nitrogens with zero attached hydrogens (tertiary/aromatic N) is 4. The number of nitrogens with one attached hydrogen (secondary N) is 1. The van der Waals surface area contributed by atoms with Gasteiger partial charge in [-0.2, -0.15) is 0 Å². The first-order valence-electron chi connectivity index (χ1n) is 9.73. The number of amides is 1. The summed E-state index contributed by atoms with van der Waals surface area (Å²) in [6.45, 7) is 9.39. The van der Waals surface area contributed by atoms with Gasteiger partial charge in [0.15, 0.2) is 0 Å². The maximum Gasteiger partial charge on any atom is 0.257 e. The summed E-state index contributed by atoms with van der Waals surface area (Å²) in [5, 5.41) is 3.20. The summed E-state index contributed by atoms with van der Waals surface area (Å²) >= 11 is 0. The highest BCUT2D eigenvalue weighted by Crippen LogP contribution is 2.12. The van der Waals surface area contributed by atoms with Crippen molar-refractivity contribution < 1.29 is 4.79 Å². The second kappa shape index (κ2) is 9.46. The molecule has 2 heterocycles. The molecule has 0 aliphatic carbocycles. The molecule has 0 atom stereocenters. The first-order chi connectivity index (χ1) is 13.1. The summed E-state index contributed by atoms with van der Waals surface area (Å²) < 4.78 is 0. The first kappa shape index (κ1) is 19.3. The Labute approximate surface area is 161 Å². The Kier molecular flexibility index (Phi) is 6.76. The van der Waals surface area contributed by atoms with Crippen LogP contribution < -0.4 is 5.32 Å². The van der Waals surface area contributed by atoms with Gasteiger partial charge in [0.2, 0.25) is 5.95 Å². The maximum atomic E-state index is 12.7. The van der Waals surface area contributed by atoms with Crippen LogP contribution in [0.1, 0.15) is 36.2 Å². The Bertz CT molecular complexity index is 709. The number of rotatable bonds is 7. The molecule has 6 nitrogen and oxygen atoms in total. The van der Waals surface area contributed by atoms with Crippen LogP contribution in [0.3, 0.4) is 0 Å². The summed E-state index contributed by atoms with van der Waals surface area (Å²) in [4.78, 5) is 25.5. The average molecular weight is 367 g/mol. The van der Waals surface area contributed by atoms with Gasteiger partial charge in [0.1, 0.15) is 0 Å². The van der Waals surface area contributed by atoms with Gasteiger partial charge in [0.05, 0.1) is 5.56 Å². The molecule has 144 valence electrons. The Morgan fingerprint density at radius 3 is 2.37 bits per heavy atom. The molecule has 3 rings (SSSR count). The quantitative estimate of drug-likeness (QED) is 0.815. The summed E-state index contributed by atoms with van der Waals surface area (Å²) in [7, 11) is 0. The highest BCUT2D eigenvalue weighted by molar-refractivity contribution is 5.93. The van der Waals surface area contributed by atoms with Gasteiger partial charge in [-0.3, -0.25) is 9.69 Å². The summed E-state index contributed by atoms with van der Waals surface area (Å²) in [5.41, 5.74) is 1.87. The predicted octanol–water partition coefficient (Wildman–Crippen LogP) is 2.89. The van der Waals surface area contributed by atoms with Crippen molar-refractivity contribution in [3.63, 3.8) is 0 Å². The van der Waals surface area contributed by atoms with Crippen LogP contribution in [0.2, 0.25) is 0 Å². The topological polar surface area (TPSA) is 61.4 Å². The third-order valence-electron chi connectivity index (χ3n) is 4.81. The van der Waals surface area contributed by atoms with E-state index in [1.807, 2.05) is 11.0 Å². The minimum atomic E-state index is 0.0168. The maximum absolute atomic E-state index is 12.7.